The molecule has 2 aromatic heterocycles. The third-order valence-electron chi connectivity index (χ3n) is 6.39. The van der Waals surface area contributed by atoms with Gasteiger partial charge in [0.2, 0.25) is 0 Å². The highest BCUT2D eigenvalue weighted by molar-refractivity contribution is 5.79. The number of para-hydroxylation sites is 1. The summed E-state index contributed by atoms with van der Waals surface area (Å²) in [4.78, 5) is 24.6. The zero-order valence-corrected chi connectivity index (χ0v) is 19.5. The lowest BCUT2D eigenvalue weighted by atomic mass is 10.0. The van der Waals surface area contributed by atoms with Gasteiger partial charge in [-0.3, -0.25) is 9.48 Å². The maximum Gasteiger partial charge on any atom is 0.322 e. The van der Waals surface area contributed by atoms with Crippen LogP contribution in [-0.4, -0.2) is 44.4 Å². The van der Waals surface area contributed by atoms with Crippen molar-refractivity contribution in [1.82, 2.24) is 24.2 Å². The molecule has 0 bridgehead atoms. The lowest BCUT2D eigenvalue weighted by Crippen LogP contribution is -2.36. The van der Waals surface area contributed by atoms with Crippen molar-refractivity contribution in [3.63, 3.8) is 0 Å². The van der Waals surface area contributed by atoms with Crippen molar-refractivity contribution in [3.05, 3.63) is 82.8 Å². The molecule has 0 aliphatic carbocycles. The number of ether oxygens (including phenoxy) is 1. The number of benzene rings is 2. The molecule has 1 saturated heterocycles. The Bertz CT molecular complexity index is 1410. The highest BCUT2D eigenvalue weighted by Crippen LogP contribution is 2.33. The number of aromatic nitrogens is 4. The van der Waals surface area contributed by atoms with Gasteiger partial charge >= 0.3 is 6.01 Å². The average molecular weight is 478 g/mol. The Hall–Kier alpha value is -3.85. The number of likely N-dealkylation sites (tertiary alicyclic amines) is 1. The van der Waals surface area contributed by atoms with E-state index < -0.39 is 5.82 Å². The Morgan fingerprint density at radius 1 is 0.971 bits per heavy atom. The first-order valence-electron chi connectivity index (χ1n) is 11.4. The molecule has 0 N–H and O–H groups in total. The summed E-state index contributed by atoms with van der Waals surface area (Å²) in [6.07, 6.45) is 3.17. The molecule has 180 valence electrons. The van der Waals surface area contributed by atoms with Gasteiger partial charge in [-0.25, -0.2) is 18.4 Å². The van der Waals surface area contributed by atoms with Crippen LogP contribution in [-0.2, 0) is 7.05 Å². The molecule has 1 aliphatic heterocycles. The molecule has 1 aliphatic rings. The summed E-state index contributed by atoms with van der Waals surface area (Å²) in [6.45, 7) is 1.77. The Labute approximate surface area is 201 Å². The summed E-state index contributed by atoms with van der Waals surface area (Å²) < 4.78 is 36.9. The number of halogens is 2. The van der Waals surface area contributed by atoms with Crippen molar-refractivity contribution in [2.45, 2.75) is 18.9 Å². The van der Waals surface area contributed by atoms with E-state index in [-0.39, 0.29) is 29.2 Å². The Balaban J connectivity index is 1.64. The fourth-order valence-corrected chi connectivity index (χ4v) is 4.59. The first-order chi connectivity index (χ1) is 16.9. The normalized spacial score (nSPS) is 14.9. The largest absolute Gasteiger partial charge is 0.421 e. The van der Waals surface area contributed by atoms with Crippen molar-refractivity contribution in [1.29, 1.82) is 0 Å². The number of hydrogen-bond donors (Lipinski definition) is 0. The van der Waals surface area contributed by atoms with Gasteiger partial charge in [0.15, 0.2) is 11.6 Å². The predicted octanol–water partition coefficient (Wildman–Crippen LogP) is 4.65. The molecule has 4 aromatic rings. The number of piperidine rings is 1. The summed E-state index contributed by atoms with van der Waals surface area (Å²) >= 11 is 0. The highest BCUT2D eigenvalue weighted by atomic mass is 19.1. The van der Waals surface area contributed by atoms with E-state index in [9.17, 15) is 13.6 Å². The molecule has 0 amide bonds. The van der Waals surface area contributed by atoms with Crippen LogP contribution in [0.5, 0.6) is 11.8 Å². The first kappa shape index (κ1) is 22.9. The van der Waals surface area contributed by atoms with Crippen LogP contribution in [0.25, 0.3) is 22.5 Å². The van der Waals surface area contributed by atoms with Gasteiger partial charge in [-0.1, -0.05) is 24.3 Å². The van der Waals surface area contributed by atoms with Crippen molar-refractivity contribution in [2.24, 2.45) is 7.05 Å². The van der Waals surface area contributed by atoms with Gasteiger partial charge in [0.05, 0.1) is 23.0 Å². The summed E-state index contributed by atoms with van der Waals surface area (Å²) in [7, 11) is 3.89. The Morgan fingerprint density at radius 3 is 2.40 bits per heavy atom. The van der Waals surface area contributed by atoms with E-state index in [1.165, 1.54) is 30.5 Å². The summed E-state index contributed by atoms with van der Waals surface area (Å²) in [5, 5.41) is 0. The van der Waals surface area contributed by atoms with Crippen LogP contribution in [0.4, 0.5) is 8.78 Å². The van der Waals surface area contributed by atoms with Gasteiger partial charge in [-0.2, -0.15) is 4.98 Å². The molecular weight excluding hydrogens is 452 g/mol. The van der Waals surface area contributed by atoms with Crippen molar-refractivity contribution < 1.29 is 13.5 Å². The van der Waals surface area contributed by atoms with E-state index in [2.05, 4.69) is 21.9 Å². The van der Waals surface area contributed by atoms with Gasteiger partial charge in [-0.15, -0.1) is 0 Å². The zero-order valence-electron chi connectivity index (χ0n) is 19.5. The van der Waals surface area contributed by atoms with Crippen molar-refractivity contribution in [2.75, 3.05) is 20.1 Å². The first-order valence-corrected chi connectivity index (χ1v) is 11.4. The van der Waals surface area contributed by atoms with Crippen LogP contribution in [0.1, 0.15) is 18.9 Å². The summed E-state index contributed by atoms with van der Waals surface area (Å²) in [6, 6.07) is 13.5. The van der Waals surface area contributed by atoms with Crippen LogP contribution >= 0.6 is 0 Å². The lowest BCUT2D eigenvalue weighted by molar-refractivity contribution is 0.200. The molecule has 2 aromatic carbocycles. The fraction of sp³-hybridized carbons (Fsp3) is 0.269. The second-order valence-electron chi connectivity index (χ2n) is 8.70. The average Bonchev–Trinajstić information content (AvgIpc) is 3.12. The van der Waals surface area contributed by atoms with Crippen LogP contribution < -0.4 is 10.3 Å². The number of nitrogens with zero attached hydrogens (tertiary/aromatic N) is 5. The summed E-state index contributed by atoms with van der Waals surface area (Å²) in [5.41, 5.74) is 1.84. The van der Waals surface area contributed by atoms with Crippen LogP contribution in [0.15, 0.2) is 65.6 Å². The van der Waals surface area contributed by atoms with E-state index >= 15 is 0 Å². The second kappa shape index (κ2) is 9.42. The second-order valence-corrected chi connectivity index (χ2v) is 8.70. The minimum Gasteiger partial charge on any atom is -0.421 e. The fourth-order valence-electron chi connectivity index (χ4n) is 4.59. The molecule has 0 spiro atoms. The topological polar surface area (TPSA) is 65.2 Å². The molecule has 0 unspecified atom stereocenters. The molecule has 0 saturated carbocycles. The van der Waals surface area contributed by atoms with Gasteiger partial charge in [-0.05, 0) is 68.9 Å². The van der Waals surface area contributed by atoms with Gasteiger partial charge in [0, 0.05) is 13.2 Å². The third-order valence-corrected chi connectivity index (χ3v) is 6.39. The minimum absolute atomic E-state index is 0.00110. The van der Waals surface area contributed by atoms with Crippen LogP contribution in [0.2, 0.25) is 0 Å². The van der Waals surface area contributed by atoms with E-state index in [1.54, 1.807) is 35.0 Å². The Morgan fingerprint density at radius 2 is 1.69 bits per heavy atom. The van der Waals surface area contributed by atoms with Gasteiger partial charge in [0.1, 0.15) is 5.82 Å². The quantitative estimate of drug-likeness (QED) is 0.419. The van der Waals surface area contributed by atoms with E-state index in [1.807, 2.05) is 11.7 Å². The van der Waals surface area contributed by atoms with Crippen LogP contribution in [0, 0.1) is 11.6 Å². The molecule has 7 nitrogen and oxygen atoms in total. The van der Waals surface area contributed by atoms with E-state index in [0.29, 0.717) is 22.5 Å². The molecule has 9 heteroatoms. The highest BCUT2D eigenvalue weighted by Gasteiger charge is 2.28. The van der Waals surface area contributed by atoms with E-state index in [0.717, 1.165) is 25.9 Å². The van der Waals surface area contributed by atoms with E-state index in [4.69, 9.17) is 4.74 Å². The molecule has 5 rings (SSSR count). The maximum absolute atomic E-state index is 14.1. The number of rotatable bonds is 5. The SMILES string of the molecule is CN1CCC(n2c(=O)c(-c3ccc(F)cc3)c(-c3ccnc(Oc4ccccc4F)n3)n2C)CC1. The molecular formula is C26H25F2N5O2. The minimum atomic E-state index is -0.533. The molecule has 3 heterocycles. The lowest BCUT2D eigenvalue weighted by Gasteiger charge is -2.30. The monoisotopic (exact) mass is 477 g/mol. The predicted molar refractivity (Wildman–Crippen MR) is 128 cm³/mol. The molecule has 0 atom stereocenters. The Kier molecular flexibility index (Phi) is 6.17. The zero-order chi connectivity index (χ0) is 24.5. The van der Waals surface area contributed by atoms with Gasteiger partial charge < -0.3 is 9.64 Å². The number of hydrogen-bond acceptors (Lipinski definition) is 5. The summed E-state index contributed by atoms with van der Waals surface area (Å²) in [5.74, 6) is -0.917. The molecule has 35 heavy (non-hydrogen) atoms. The smallest absolute Gasteiger partial charge is 0.322 e. The molecule has 1 fully saturated rings. The maximum atomic E-state index is 14.1. The molecule has 0 radical (unpaired) electrons. The van der Waals surface area contributed by atoms with Crippen molar-refractivity contribution in [3.8, 4) is 34.3 Å². The standard InChI is InChI=1S/C26H25F2N5O2/c1-31-15-12-19(13-16-31)33-25(34)23(17-7-9-18(27)10-8-17)24(32(33)2)21-11-14-29-26(30-21)35-22-6-4-3-5-20(22)28/h3-11,14,19H,12-13,15-16H2,1-2H3. The van der Waals surface area contributed by atoms with Gasteiger partial charge in [0.25, 0.3) is 5.56 Å². The van der Waals surface area contributed by atoms with Crippen LogP contribution in [0.3, 0.4) is 0 Å². The third kappa shape index (κ3) is 4.46. The van der Waals surface area contributed by atoms with Crippen molar-refractivity contribution >= 4 is 0 Å².